The van der Waals surface area contributed by atoms with Crippen LogP contribution in [0.15, 0.2) is 36.4 Å². The summed E-state index contributed by atoms with van der Waals surface area (Å²) in [4.78, 5) is 34.5. The van der Waals surface area contributed by atoms with Gasteiger partial charge in [-0.1, -0.05) is 0 Å². The van der Waals surface area contributed by atoms with E-state index in [1.54, 1.807) is 0 Å². The summed E-state index contributed by atoms with van der Waals surface area (Å²) in [6, 6.07) is 7.60. The van der Waals surface area contributed by atoms with E-state index in [0.29, 0.717) is 0 Å². The van der Waals surface area contributed by atoms with E-state index >= 15 is 0 Å². The Labute approximate surface area is 136 Å². The third kappa shape index (κ3) is 3.80. The molecule has 0 saturated heterocycles. The highest BCUT2D eigenvalue weighted by molar-refractivity contribution is 5.99. The van der Waals surface area contributed by atoms with Gasteiger partial charge in [0.1, 0.15) is 22.6 Å². The van der Waals surface area contributed by atoms with E-state index in [1.165, 1.54) is 37.3 Å². The number of carbonyl (C=O) groups excluding carboxylic acids is 2. The van der Waals surface area contributed by atoms with Crippen LogP contribution in [0.4, 0.5) is 11.4 Å². The number of phenolic OH excluding ortho intramolecular Hbond substituents is 1. The summed E-state index contributed by atoms with van der Waals surface area (Å²) >= 11 is 0. The monoisotopic (exact) mass is 330 g/mol. The molecule has 5 N–H and O–H groups in total. The van der Waals surface area contributed by atoms with E-state index < -0.39 is 11.9 Å². The lowest BCUT2D eigenvalue weighted by Crippen LogP contribution is -2.13. The number of nitrogens with two attached hydrogens (primary N) is 1. The molecule has 0 spiro atoms. The van der Waals surface area contributed by atoms with E-state index in [4.69, 9.17) is 15.6 Å². The minimum atomic E-state index is -1.32. The van der Waals surface area contributed by atoms with Gasteiger partial charge in [-0.25, -0.2) is 9.59 Å². The number of hydrogen-bond acceptors (Lipinski definition) is 6. The van der Waals surface area contributed by atoms with Crippen LogP contribution >= 0.6 is 0 Å². The van der Waals surface area contributed by atoms with Crippen LogP contribution in [-0.4, -0.2) is 28.1 Å². The van der Waals surface area contributed by atoms with Crippen LogP contribution in [0.1, 0.15) is 27.6 Å². The fourth-order valence-corrected chi connectivity index (χ4v) is 1.94. The van der Waals surface area contributed by atoms with Gasteiger partial charge in [-0.3, -0.25) is 4.79 Å². The van der Waals surface area contributed by atoms with Crippen LogP contribution in [0.25, 0.3) is 0 Å². The van der Waals surface area contributed by atoms with Gasteiger partial charge in [0.15, 0.2) is 0 Å². The third-order valence-electron chi connectivity index (χ3n) is 2.97. The maximum Gasteiger partial charge on any atom is 0.347 e. The van der Waals surface area contributed by atoms with Crippen LogP contribution in [0, 0.1) is 0 Å². The predicted molar refractivity (Wildman–Crippen MR) is 85.2 cm³/mol. The molecule has 0 aromatic heterocycles. The summed E-state index contributed by atoms with van der Waals surface area (Å²) in [7, 11) is 0. The highest BCUT2D eigenvalue weighted by atomic mass is 16.5. The molecule has 2 rings (SSSR count). The van der Waals surface area contributed by atoms with Crippen molar-refractivity contribution in [2.24, 2.45) is 0 Å². The zero-order valence-corrected chi connectivity index (χ0v) is 12.6. The van der Waals surface area contributed by atoms with Crippen LogP contribution in [0.5, 0.6) is 11.5 Å². The first-order valence-electron chi connectivity index (χ1n) is 6.73. The smallest absolute Gasteiger partial charge is 0.347 e. The molecule has 0 atom stereocenters. The number of hydrogen-bond donors (Lipinski definition) is 4. The summed E-state index contributed by atoms with van der Waals surface area (Å²) in [5, 5.41) is 21.4. The number of carboxylic acids is 1. The Morgan fingerprint density at radius 2 is 1.79 bits per heavy atom. The predicted octanol–water partition coefficient (Wildman–Crippen LogP) is 1.85. The Bertz CT molecular complexity index is 831. The molecule has 0 unspecified atom stereocenters. The highest BCUT2D eigenvalue weighted by Gasteiger charge is 2.19. The number of phenols is 1. The molecule has 0 aliphatic carbocycles. The number of aromatic hydroxyl groups is 1. The summed E-state index contributed by atoms with van der Waals surface area (Å²) in [5.41, 5.74) is 5.47. The molecule has 2 aromatic carbocycles. The Morgan fingerprint density at radius 1 is 1.08 bits per heavy atom. The van der Waals surface area contributed by atoms with Crippen molar-refractivity contribution in [1.82, 2.24) is 0 Å². The van der Waals surface area contributed by atoms with Gasteiger partial charge in [0.05, 0.1) is 0 Å². The summed E-state index contributed by atoms with van der Waals surface area (Å²) in [5.74, 6) is -3.24. The average molecular weight is 330 g/mol. The van der Waals surface area contributed by atoms with E-state index in [-0.39, 0.29) is 39.9 Å². The van der Waals surface area contributed by atoms with E-state index in [9.17, 15) is 19.5 Å². The Balaban J connectivity index is 2.34. The second-order valence-corrected chi connectivity index (χ2v) is 4.86. The number of anilines is 2. The van der Waals surface area contributed by atoms with Crippen LogP contribution in [-0.2, 0) is 4.79 Å². The number of ether oxygens (including phenoxy) is 1. The van der Waals surface area contributed by atoms with E-state index in [1.807, 2.05) is 0 Å². The van der Waals surface area contributed by atoms with Crippen molar-refractivity contribution >= 4 is 29.2 Å². The standard InChI is InChI=1S/C16H14N2O6/c1-8(19)18-10-3-4-13(20)11(7-10)16(23)24-14-5-2-9(17)6-12(14)15(21)22/h2-7,20H,17H2,1H3,(H,18,19)(H,21,22). The molecule has 0 aliphatic heterocycles. The van der Waals surface area contributed by atoms with Gasteiger partial charge in [0.25, 0.3) is 0 Å². The lowest BCUT2D eigenvalue weighted by atomic mass is 10.1. The summed E-state index contributed by atoms with van der Waals surface area (Å²) in [6.45, 7) is 1.29. The van der Waals surface area contributed by atoms with E-state index in [2.05, 4.69) is 5.32 Å². The molecule has 2 aromatic rings. The highest BCUT2D eigenvalue weighted by Crippen LogP contribution is 2.26. The summed E-state index contributed by atoms with van der Waals surface area (Å²) < 4.78 is 5.04. The molecule has 1 amide bonds. The van der Waals surface area contributed by atoms with Gasteiger partial charge >= 0.3 is 11.9 Å². The number of rotatable bonds is 4. The lowest BCUT2D eigenvalue weighted by Gasteiger charge is -2.10. The maximum absolute atomic E-state index is 12.2. The molecule has 8 nitrogen and oxygen atoms in total. The Morgan fingerprint density at radius 3 is 2.42 bits per heavy atom. The first kappa shape index (κ1) is 16.8. The zero-order chi connectivity index (χ0) is 17.9. The van der Waals surface area contributed by atoms with Crippen LogP contribution < -0.4 is 15.8 Å². The van der Waals surface area contributed by atoms with Crippen LogP contribution in [0.3, 0.4) is 0 Å². The van der Waals surface area contributed by atoms with Crippen LogP contribution in [0.2, 0.25) is 0 Å². The number of carbonyl (C=O) groups is 3. The quantitative estimate of drug-likeness (QED) is 0.290. The molecule has 0 heterocycles. The zero-order valence-electron chi connectivity index (χ0n) is 12.6. The minimum absolute atomic E-state index is 0.197. The molecule has 0 bridgehead atoms. The van der Waals surface area contributed by atoms with Gasteiger partial charge < -0.3 is 26.0 Å². The van der Waals surface area contributed by atoms with Gasteiger partial charge in [-0.15, -0.1) is 0 Å². The van der Waals surface area contributed by atoms with Crippen molar-refractivity contribution in [3.63, 3.8) is 0 Å². The SMILES string of the molecule is CC(=O)Nc1ccc(O)c(C(=O)Oc2ccc(N)cc2C(=O)O)c1. The number of aromatic carboxylic acids is 1. The number of nitrogen functional groups attached to an aromatic ring is 1. The molecule has 0 radical (unpaired) electrons. The van der Waals surface area contributed by atoms with Crippen molar-refractivity contribution in [1.29, 1.82) is 0 Å². The largest absolute Gasteiger partial charge is 0.507 e. The van der Waals surface area contributed by atoms with Crippen molar-refractivity contribution in [2.45, 2.75) is 6.92 Å². The first-order chi connectivity index (χ1) is 11.3. The lowest BCUT2D eigenvalue weighted by molar-refractivity contribution is -0.114. The minimum Gasteiger partial charge on any atom is -0.507 e. The van der Waals surface area contributed by atoms with Crippen molar-refractivity contribution in [2.75, 3.05) is 11.1 Å². The molecular weight excluding hydrogens is 316 g/mol. The Hall–Kier alpha value is -3.55. The van der Waals surface area contributed by atoms with Crippen molar-refractivity contribution < 1.29 is 29.3 Å². The summed E-state index contributed by atoms with van der Waals surface area (Å²) in [6.07, 6.45) is 0. The van der Waals surface area contributed by atoms with Crippen molar-refractivity contribution in [3.05, 3.63) is 47.5 Å². The molecule has 8 heteroatoms. The number of nitrogens with one attached hydrogen (secondary N) is 1. The fourth-order valence-electron chi connectivity index (χ4n) is 1.94. The van der Waals surface area contributed by atoms with Gasteiger partial charge in [-0.2, -0.15) is 0 Å². The molecule has 0 fully saturated rings. The maximum atomic E-state index is 12.2. The molecule has 0 saturated carbocycles. The number of esters is 1. The van der Waals surface area contributed by atoms with Gasteiger partial charge in [-0.05, 0) is 36.4 Å². The van der Waals surface area contributed by atoms with Gasteiger partial charge in [0, 0.05) is 18.3 Å². The first-order valence-corrected chi connectivity index (χ1v) is 6.73. The third-order valence-corrected chi connectivity index (χ3v) is 2.97. The molecule has 0 aliphatic rings. The fraction of sp³-hybridized carbons (Fsp3) is 0.0625. The second kappa shape index (κ2) is 6.69. The number of carboxylic acid groups (broad SMARTS) is 1. The molecule has 124 valence electrons. The molecular formula is C16H14N2O6. The second-order valence-electron chi connectivity index (χ2n) is 4.86. The Kier molecular flexibility index (Phi) is 4.69. The van der Waals surface area contributed by atoms with Gasteiger partial charge in [0.2, 0.25) is 5.91 Å². The molecule has 24 heavy (non-hydrogen) atoms. The normalized spacial score (nSPS) is 10.0. The number of amides is 1. The van der Waals surface area contributed by atoms with E-state index in [0.717, 1.165) is 6.07 Å². The topological polar surface area (TPSA) is 139 Å². The van der Waals surface area contributed by atoms with Crippen molar-refractivity contribution in [3.8, 4) is 11.5 Å². The average Bonchev–Trinajstić information content (AvgIpc) is 2.50. The number of benzene rings is 2.